The van der Waals surface area contributed by atoms with Gasteiger partial charge in [-0.25, -0.2) is 0 Å². The quantitative estimate of drug-likeness (QED) is 0.887. The molecule has 19 heavy (non-hydrogen) atoms. The highest BCUT2D eigenvalue weighted by Gasteiger charge is 2.34. The van der Waals surface area contributed by atoms with E-state index in [4.69, 9.17) is 4.52 Å². The molecule has 0 spiro atoms. The Morgan fingerprint density at radius 3 is 2.95 bits per heavy atom. The molecule has 106 valence electrons. The van der Waals surface area contributed by atoms with Crippen LogP contribution >= 0.6 is 0 Å². The van der Waals surface area contributed by atoms with Gasteiger partial charge in [-0.05, 0) is 20.8 Å². The van der Waals surface area contributed by atoms with Crippen molar-refractivity contribution in [2.24, 2.45) is 0 Å². The summed E-state index contributed by atoms with van der Waals surface area (Å²) in [5.41, 5.74) is -0.222. The van der Waals surface area contributed by atoms with Crippen molar-refractivity contribution in [3.63, 3.8) is 0 Å². The molecule has 1 saturated heterocycles. The zero-order chi connectivity index (χ0) is 14.0. The summed E-state index contributed by atoms with van der Waals surface area (Å²) in [7, 11) is -0.780. The van der Waals surface area contributed by atoms with Gasteiger partial charge in [-0.1, -0.05) is 5.16 Å². The molecule has 1 aromatic rings. The average Bonchev–Trinajstić information content (AvgIpc) is 2.67. The van der Waals surface area contributed by atoms with E-state index in [0.717, 1.165) is 0 Å². The smallest absolute Gasteiger partial charge is 0.239 e. The largest absolute Gasteiger partial charge is 0.360 e. The van der Waals surface area contributed by atoms with E-state index in [-0.39, 0.29) is 18.0 Å². The fourth-order valence-corrected chi connectivity index (χ4v) is 3.69. The van der Waals surface area contributed by atoms with E-state index in [0.29, 0.717) is 29.6 Å². The number of nitrogens with one attached hydrogen (secondary N) is 1. The number of aryl methyl sites for hydroxylation is 1. The first-order chi connectivity index (χ1) is 8.87. The minimum Gasteiger partial charge on any atom is -0.360 e. The molecule has 1 fully saturated rings. The molecule has 1 aliphatic rings. The van der Waals surface area contributed by atoms with Gasteiger partial charge in [0.2, 0.25) is 5.91 Å². The third-order valence-corrected chi connectivity index (χ3v) is 4.86. The Kier molecular flexibility index (Phi) is 4.05. The van der Waals surface area contributed by atoms with Gasteiger partial charge in [0.15, 0.2) is 5.82 Å². The maximum atomic E-state index is 11.9. The number of carbonyl (C=O) groups excluding carboxylic acids is 1. The molecule has 0 bridgehead atoms. The van der Waals surface area contributed by atoms with Crippen molar-refractivity contribution < 1.29 is 13.5 Å². The maximum Gasteiger partial charge on any atom is 0.239 e. The second kappa shape index (κ2) is 5.42. The lowest BCUT2D eigenvalue weighted by Gasteiger charge is -2.41. The number of amides is 1. The number of rotatable bonds is 3. The fraction of sp³-hybridized carbons (Fsp3) is 0.667. The van der Waals surface area contributed by atoms with Crippen LogP contribution in [-0.2, 0) is 15.6 Å². The first-order valence-electron chi connectivity index (χ1n) is 6.20. The summed E-state index contributed by atoms with van der Waals surface area (Å²) >= 11 is 0. The normalized spacial score (nSPS) is 23.2. The number of carbonyl (C=O) groups is 1. The average molecular weight is 285 g/mol. The molecule has 0 aromatic carbocycles. The minimum absolute atomic E-state index is 0.131. The second-order valence-corrected chi connectivity index (χ2v) is 6.97. The van der Waals surface area contributed by atoms with Gasteiger partial charge in [-0.15, -0.1) is 0 Å². The Bertz CT molecular complexity index is 498. The third-order valence-electron chi connectivity index (χ3n) is 3.19. The summed E-state index contributed by atoms with van der Waals surface area (Å²) in [6, 6.07) is 1.67. The standard InChI is InChI=1S/C12H19N3O3S/c1-9-6-10(14-18-9)13-11(16)7-15-4-5-19(17)8-12(15,2)3/h6H,4-5,7-8H2,1-3H3,(H,13,14,16). The predicted molar refractivity (Wildman–Crippen MR) is 73.4 cm³/mol. The van der Waals surface area contributed by atoms with E-state index < -0.39 is 10.8 Å². The molecular weight excluding hydrogens is 266 g/mol. The van der Waals surface area contributed by atoms with E-state index >= 15 is 0 Å². The molecule has 0 aliphatic carbocycles. The zero-order valence-electron chi connectivity index (χ0n) is 11.4. The summed E-state index contributed by atoms with van der Waals surface area (Å²) in [5, 5.41) is 6.42. The Labute approximate surface area is 115 Å². The Morgan fingerprint density at radius 1 is 1.63 bits per heavy atom. The van der Waals surface area contributed by atoms with Crippen molar-refractivity contribution >= 4 is 22.5 Å². The Hall–Kier alpha value is -1.21. The highest BCUT2D eigenvalue weighted by atomic mass is 32.2. The third kappa shape index (κ3) is 3.63. The summed E-state index contributed by atoms with van der Waals surface area (Å²) in [4.78, 5) is 14.0. The van der Waals surface area contributed by atoms with Gasteiger partial charge in [-0.3, -0.25) is 13.9 Å². The van der Waals surface area contributed by atoms with Crippen LogP contribution in [0.4, 0.5) is 5.82 Å². The lowest BCUT2D eigenvalue weighted by Crippen LogP contribution is -2.55. The van der Waals surface area contributed by atoms with Crippen molar-refractivity contribution in [1.29, 1.82) is 0 Å². The van der Waals surface area contributed by atoms with Gasteiger partial charge >= 0.3 is 0 Å². The molecule has 1 atom stereocenters. The summed E-state index contributed by atoms with van der Waals surface area (Å²) in [6.45, 7) is 6.74. The molecule has 2 rings (SSSR count). The summed E-state index contributed by atoms with van der Waals surface area (Å²) in [6.07, 6.45) is 0. The number of hydrogen-bond acceptors (Lipinski definition) is 5. The Morgan fingerprint density at radius 2 is 2.37 bits per heavy atom. The van der Waals surface area contributed by atoms with Crippen LogP contribution in [0.2, 0.25) is 0 Å². The highest BCUT2D eigenvalue weighted by molar-refractivity contribution is 7.85. The van der Waals surface area contributed by atoms with Crippen molar-refractivity contribution in [3.05, 3.63) is 11.8 Å². The molecule has 1 N–H and O–H groups in total. The van der Waals surface area contributed by atoms with Crippen LogP contribution in [0.15, 0.2) is 10.6 Å². The van der Waals surface area contributed by atoms with Crippen LogP contribution in [0.3, 0.4) is 0 Å². The van der Waals surface area contributed by atoms with Gasteiger partial charge in [0, 0.05) is 40.5 Å². The van der Waals surface area contributed by atoms with E-state index in [1.165, 1.54) is 0 Å². The van der Waals surface area contributed by atoms with E-state index in [1.807, 2.05) is 13.8 Å². The van der Waals surface area contributed by atoms with E-state index in [2.05, 4.69) is 15.4 Å². The second-order valence-electron chi connectivity index (χ2n) is 5.39. The minimum atomic E-state index is -0.780. The van der Waals surface area contributed by atoms with Gasteiger partial charge in [0.05, 0.1) is 6.54 Å². The molecule has 1 aliphatic heterocycles. The number of hydrogen-bond donors (Lipinski definition) is 1. The van der Waals surface area contributed by atoms with Crippen molar-refractivity contribution in [3.8, 4) is 0 Å². The zero-order valence-corrected chi connectivity index (χ0v) is 12.2. The lowest BCUT2D eigenvalue weighted by molar-refractivity contribution is -0.118. The van der Waals surface area contributed by atoms with Crippen molar-refractivity contribution in [2.75, 3.05) is 29.9 Å². The number of nitrogens with zero attached hydrogens (tertiary/aromatic N) is 2. The molecule has 0 radical (unpaired) electrons. The molecule has 2 heterocycles. The van der Waals surface area contributed by atoms with Gasteiger partial charge in [0.1, 0.15) is 5.76 Å². The molecule has 1 unspecified atom stereocenters. The van der Waals surface area contributed by atoms with Crippen LogP contribution in [0.1, 0.15) is 19.6 Å². The Balaban J connectivity index is 1.93. The highest BCUT2D eigenvalue weighted by Crippen LogP contribution is 2.20. The number of aromatic nitrogens is 1. The summed E-state index contributed by atoms with van der Waals surface area (Å²) < 4.78 is 16.5. The first kappa shape index (κ1) is 14.2. The van der Waals surface area contributed by atoms with Gasteiger partial charge in [0.25, 0.3) is 0 Å². The monoisotopic (exact) mass is 285 g/mol. The van der Waals surface area contributed by atoms with Gasteiger partial charge < -0.3 is 9.84 Å². The fourth-order valence-electron chi connectivity index (χ4n) is 2.15. The van der Waals surface area contributed by atoms with Crippen molar-refractivity contribution in [1.82, 2.24) is 10.1 Å². The predicted octanol–water partition coefficient (Wildman–Crippen LogP) is 0.764. The topological polar surface area (TPSA) is 75.4 Å². The summed E-state index contributed by atoms with van der Waals surface area (Å²) in [5.74, 6) is 2.18. The van der Waals surface area contributed by atoms with Crippen LogP contribution < -0.4 is 5.32 Å². The molecule has 6 nitrogen and oxygen atoms in total. The molecule has 7 heteroatoms. The van der Waals surface area contributed by atoms with Crippen molar-refractivity contribution in [2.45, 2.75) is 26.3 Å². The van der Waals surface area contributed by atoms with Gasteiger partial charge in [-0.2, -0.15) is 0 Å². The van der Waals surface area contributed by atoms with E-state index in [9.17, 15) is 9.00 Å². The SMILES string of the molecule is Cc1cc(NC(=O)CN2CCS(=O)CC2(C)C)no1. The molecule has 1 amide bonds. The van der Waals surface area contributed by atoms with Crippen LogP contribution in [-0.4, -0.2) is 50.3 Å². The molecular formula is C12H19N3O3S. The van der Waals surface area contributed by atoms with E-state index in [1.54, 1.807) is 13.0 Å². The van der Waals surface area contributed by atoms with Crippen LogP contribution in [0.5, 0.6) is 0 Å². The van der Waals surface area contributed by atoms with Crippen LogP contribution in [0.25, 0.3) is 0 Å². The lowest BCUT2D eigenvalue weighted by atomic mass is 10.1. The maximum absolute atomic E-state index is 11.9. The molecule has 0 saturated carbocycles. The number of anilines is 1. The first-order valence-corrected chi connectivity index (χ1v) is 7.69. The molecule has 1 aromatic heterocycles. The van der Waals surface area contributed by atoms with Crippen LogP contribution in [0, 0.1) is 6.92 Å².